The molecule has 0 fully saturated rings. The smallest absolute Gasteiger partial charge is 0.328 e. The van der Waals surface area contributed by atoms with E-state index in [1.54, 1.807) is 76.2 Å². The molecule has 10 nitrogen and oxygen atoms in total. The van der Waals surface area contributed by atoms with E-state index >= 15 is 0 Å². The molecule has 2 aromatic rings. The second kappa shape index (κ2) is 15.4. The first-order chi connectivity index (χ1) is 18.6. The van der Waals surface area contributed by atoms with Gasteiger partial charge in [0.2, 0.25) is 0 Å². The molecule has 0 spiro atoms. The van der Waals surface area contributed by atoms with Crippen molar-refractivity contribution in [2.24, 2.45) is 11.8 Å². The molecule has 212 valence electrons. The van der Waals surface area contributed by atoms with Gasteiger partial charge >= 0.3 is 11.9 Å². The third kappa shape index (κ3) is 9.63. The molecule has 0 saturated heterocycles. The van der Waals surface area contributed by atoms with Crippen LogP contribution in [-0.2, 0) is 19.1 Å². The summed E-state index contributed by atoms with van der Waals surface area (Å²) >= 11 is 0. The van der Waals surface area contributed by atoms with E-state index in [-0.39, 0.29) is 31.5 Å². The fourth-order valence-corrected chi connectivity index (χ4v) is 3.51. The molecule has 10 heteroatoms. The summed E-state index contributed by atoms with van der Waals surface area (Å²) in [6.07, 6.45) is 0.256. The highest BCUT2D eigenvalue weighted by Crippen LogP contribution is 2.14. The summed E-state index contributed by atoms with van der Waals surface area (Å²) in [4.78, 5) is 50.4. The first kappa shape index (κ1) is 31.1. The highest BCUT2D eigenvalue weighted by Gasteiger charge is 2.27. The molecule has 2 amide bonds. The number of carbonyl (C=O) groups excluding carboxylic acids is 4. The minimum Gasteiger partial charge on any atom is -0.497 e. The van der Waals surface area contributed by atoms with Gasteiger partial charge in [-0.3, -0.25) is 9.59 Å². The number of methoxy groups -OCH3 is 2. The van der Waals surface area contributed by atoms with Gasteiger partial charge in [0.05, 0.1) is 27.4 Å². The van der Waals surface area contributed by atoms with Crippen LogP contribution < -0.4 is 20.1 Å². The molecule has 2 atom stereocenters. The van der Waals surface area contributed by atoms with Crippen LogP contribution in [0, 0.1) is 11.8 Å². The van der Waals surface area contributed by atoms with Crippen LogP contribution in [0.3, 0.4) is 0 Å². The number of ether oxygens (including phenoxy) is 4. The zero-order chi connectivity index (χ0) is 28.9. The van der Waals surface area contributed by atoms with E-state index in [0.717, 1.165) is 0 Å². The fraction of sp³-hybridized carbons (Fsp3) is 0.448. The summed E-state index contributed by atoms with van der Waals surface area (Å²) in [6, 6.07) is 11.4. The van der Waals surface area contributed by atoms with E-state index in [4.69, 9.17) is 18.9 Å². The van der Waals surface area contributed by atoms with Crippen molar-refractivity contribution >= 4 is 23.8 Å². The molecule has 39 heavy (non-hydrogen) atoms. The second-order valence-electron chi connectivity index (χ2n) is 9.54. The molecule has 2 unspecified atom stereocenters. The number of esters is 2. The molecule has 0 aliphatic rings. The average molecular weight is 543 g/mol. The van der Waals surface area contributed by atoms with Crippen molar-refractivity contribution in [3.05, 3.63) is 59.7 Å². The maximum absolute atomic E-state index is 12.6. The highest BCUT2D eigenvalue weighted by molar-refractivity contribution is 5.97. The van der Waals surface area contributed by atoms with Crippen LogP contribution >= 0.6 is 0 Å². The van der Waals surface area contributed by atoms with Gasteiger partial charge in [-0.2, -0.15) is 0 Å². The Labute approximate surface area is 229 Å². The van der Waals surface area contributed by atoms with Crippen LogP contribution in [0.25, 0.3) is 0 Å². The van der Waals surface area contributed by atoms with Crippen molar-refractivity contribution in [3.63, 3.8) is 0 Å². The van der Waals surface area contributed by atoms with E-state index in [9.17, 15) is 19.2 Å². The van der Waals surface area contributed by atoms with Crippen LogP contribution in [0.15, 0.2) is 48.5 Å². The Bertz CT molecular complexity index is 1010. The zero-order valence-corrected chi connectivity index (χ0v) is 23.3. The molecule has 0 heterocycles. The van der Waals surface area contributed by atoms with Gasteiger partial charge in [0, 0.05) is 17.5 Å². The predicted molar refractivity (Wildman–Crippen MR) is 145 cm³/mol. The highest BCUT2D eigenvalue weighted by atomic mass is 16.5. The minimum atomic E-state index is -0.847. The number of hydrogen-bond donors (Lipinski definition) is 2. The Morgan fingerprint density at radius 3 is 1.23 bits per heavy atom. The Kier molecular flexibility index (Phi) is 12.3. The quantitative estimate of drug-likeness (QED) is 0.275. The fourth-order valence-electron chi connectivity index (χ4n) is 3.51. The molecule has 2 N–H and O–H groups in total. The van der Waals surface area contributed by atoms with Crippen molar-refractivity contribution in [2.75, 3.05) is 27.4 Å². The summed E-state index contributed by atoms with van der Waals surface area (Å²) in [7, 11) is 3.07. The zero-order valence-electron chi connectivity index (χ0n) is 23.3. The van der Waals surface area contributed by atoms with Gasteiger partial charge in [0.25, 0.3) is 11.8 Å². The molecule has 0 radical (unpaired) electrons. The third-order valence-corrected chi connectivity index (χ3v) is 5.90. The number of carbonyl (C=O) groups is 4. The monoisotopic (exact) mass is 542 g/mol. The molecule has 2 aromatic carbocycles. The van der Waals surface area contributed by atoms with Gasteiger partial charge in [-0.05, 0) is 60.4 Å². The van der Waals surface area contributed by atoms with E-state index in [2.05, 4.69) is 10.6 Å². The second-order valence-corrected chi connectivity index (χ2v) is 9.54. The summed E-state index contributed by atoms with van der Waals surface area (Å²) in [5.74, 6) is -1.15. The lowest BCUT2D eigenvalue weighted by Gasteiger charge is -2.22. The molecule has 2 rings (SSSR count). The Morgan fingerprint density at radius 1 is 0.615 bits per heavy atom. The summed E-state index contributed by atoms with van der Waals surface area (Å²) in [6.45, 7) is 7.20. The van der Waals surface area contributed by atoms with E-state index in [0.29, 0.717) is 22.6 Å². The first-order valence-corrected chi connectivity index (χ1v) is 12.8. The molecular weight excluding hydrogens is 504 g/mol. The van der Waals surface area contributed by atoms with Gasteiger partial charge in [-0.25, -0.2) is 9.59 Å². The average Bonchev–Trinajstić information content (AvgIpc) is 2.93. The number of benzene rings is 2. The predicted octanol–water partition coefficient (Wildman–Crippen LogP) is 3.39. The van der Waals surface area contributed by atoms with Crippen LogP contribution in [-0.4, -0.2) is 63.3 Å². The van der Waals surface area contributed by atoms with Crippen molar-refractivity contribution in [3.8, 4) is 11.5 Å². The molecule has 0 aliphatic carbocycles. The van der Waals surface area contributed by atoms with Crippen LogP contribution in [0.2, 0.25) is 0 Å². The van der Waals surface area contributed by atoms with Gasteiger partial charge < -0.3 is 29.6 Å². The maximum Gasteiger partial charge on any atom is 0.328 e. The lowest BCUT2D eigenvalue weighted by atomic mass is 10.0. The van der Waals surface area contributed by atoms with E-state index in [1.165, 1.54) is 14.2 Å². The number of amides is 2. The van der Waals surface area contributed by atoms with E-state index in [1.807, 2.05) is 0 Å². The van der Waals surface area contributed by atoms with Crippen molar-refractivity contribution in [1.29, 1.82) is 0 Å². The van der Waals surface area contributed by atoms with Gasteiger partial charge in [0.1, 0.15) is 23.6 Å². The van der Waals surface area contributed by atoms with Gasteiger partial charge in [-0.15, -0.1) is 0 Å². The van der Waals surface area contributed by atoms with Gasteiger partial charge in [0.15, 0.2) is 0 Å². The SMILES string of the molecule is COc1ccc(C(=O)NC(C(=O)OCCCOC(=O)C(NC(=O)c2ccc(OC)cc2)C(C)C)C(C)C)cc1. The topological polar surface area (TPSA) is 129 Å². The third-order valence-electron chi connectivity index (χ3n) is 5.90. The van der Waals surface area contributed by atoms with Crippen molar-refractivity contribution < 1.29 is 38.1 Å². The van der Waals surface area contributed by atoms with Gasteiger partial charge in [-0.1, -0.05) is 27.7 Å². The van der Waals surface area contributed by atoms with Crippen LogP contribution in [0.4, 0.5) is 0 Å². The minimum absolute atomic E-state index is 0.00169. The largest absolute Gasteiger partial charge is 0.497 e. The summed E-state index contributed by atoms with van der Waals surface area (Å²) in [5.41, 5.74) is 0.778. The Balaban J connectivity index is 1.81. The lowest BCUT2D eigenvalue weighted by molar-refractivity contribution is -0.149. The number of hydrogen-bond acceptors (Lipinski definition) is 8. The first-order valence-electron chi connectivity index (χ1n) is 12.8. The molecular formula is C29H38N2O8. The molecule has 0 saturated carbocycles. The standard InChI is InChI=1S/C29H38N2O8/c1-18(2)24(30-26(32)20-8-12-22(36-5)13-9-20)28(34)38-16-7-17-39-29(35)25(19(3)4)31-27(33)21-10-14-23(37-6)15-11-21/h8-15,18-19,24-25H,7,16-17H2,1-6H3,(H,30,32)(H,31,33). The van der Waals surface area contributed by atoms with Crippen molar-refractivity contribution in [2.45, 2.75) is 46.2 Å². The number of nitrogens with one attached hydrogen (secondary N) is 2. The van der Waals surface area contributed by atoms with Crippen molar-refractivity contribution in [1.82, 2.24) is 10.6 Å². The molecule has 0 aliphatic heterocycles. The molecule has 0 aromatic heterocycles. The summed E-state index contributed by atoms with van der Waals surface area (Å²) < 4.78 is 20.8. The Morgan fingerprint density at radius 2 is 0.949 bits per heavy atom. The maximum atomic E-state index is 12.6. The summed E-state index contributed by atoms with van der Waals surface area (Å²) in [5, 5.41) is 5.42. The van der Waals surface area contributed by atoms with E-state index < -0.39 is 35.8 Å². The van der Waals surface area contributed by atoms with Crippen LogP contribution in [0.5, 0.6) is 11.5 Å². The van der Waals surface area contributed by atoms with Crippen LogP contribution in [0.1, 0.15) is 54.8 Å². The lowest BCUT2D eigenvalue weighted by Crippen LogP contribution is -2.45. The Hall–Kier alpha value is -4.08. The molecule has 0 bridgehead atoms. The number of rotatable bonds is 14. The normalized spacial score (nSPS) is 12.3.